The number of anilines is 2. The van der Waals surface area contributed by atoms with Crippen molar-refractivity contribution in [1.29, 1.82) is 0 Å². The van der Waals surface area contributed by atoms with E-state index < -0.39 is 0 Å². The van der Waals surface area contributed by atoms with Gasteiger partial charge in [0.2, 0.25) is 5.89 Å². The fraction of sp³-hybridized carbons (Fsp3) is 0.273. The number of nitrogens with one attached hydrogen (secondary N) is 2. The molecule has 96 valence electrons. The molecule has 18 heavy (non-hydrogen) atoms. The Morgan fingerprint density at radius 3 is 2.50 bits per heavy atom. The number of benzene rings is 1. The summed E-state index contributed by atoms with van der Waals surface area (Å²) in [5.74, 6) is 0.489. The Bertz CT molecular complexity index is 523. The molecule has 2 N–H and O–H groups in total. The summed E-state index contributed by atoms with van der Waals surface area (Å²) in [6.45, 7) is 1.92. The van der Waals surface area contributed by atoms with Gasteiger partial charge >= 0.3 is 6.01 Å². The van der Waals surface area contributed by atoms with Gasteiger partial charge < -0.3 is 15.1 Å². The minimum atomic E-state index is -0.0187. The second-order valence-electron chi connectivity index (χ2n) is 3.68. The number of aromatic nitrogens is 2. The minimum Gasteiger partial charge on any atom is -0.406 e. The molecule has 0 spiro atoms. The number of nitrogens with zero attached hydrogens (tertiary/aromatic N) is 2. The predicted molar refractivity (Wildman–Crippen MR) is 71.5 cm³/mol. The zero-order chi connectivity index (χ0) is 13.1. The van der Waals surface area contributed by atoms with E-state index in [0.717, 1.165) is 0 Å². The maximum atomic E-state index is 6.03. The van der Waals surface area contributed by atoms with E-state index in [-0.39, 0.29) is 12.1 Å². The Labute approximate surface area is 114 Å². The number of hydrogen-bond acceptors (Lipinski definition) is 5. The van der Waals surface area contributed by atoms with Crippen molar-refractivity contribution in [1.82, 2.24) is 15.5 Å². The lowest BCUT2D eigenvalue weighted by Crippen LogP contribution is -2.12. The van der Waals surface area contributed by atoms with Crippen molar-refractivity contribution < 1.29 is 4.42 Å². The van der Waals surface area contributed by atoms with E-state index in [9.17, 15) is 0 Å². The van der Waals surface area contributed by atoms with Gasteiger partial charge in [0.15, 0.2) is 0 Å². The average Bonchev–Trinajstić information content (AvgIpc) is 2.81. The summed E-state index contributed by atoms with van der Waals surface area (Å²) in [6, 6.07) is 5.45. The third-order valence-electron chi connectivity index (χ3n) is 2.44. The lowest BCUT2D eigenvalue weighted by atomic mass is 10.3. The van der Waals surface area contributed by atoms with Crippen molar-refractivity contribution >= 4 is 34.9 Å². The van der Waals surface area contributed by atoms with E-state index in [2.05, 4.69) is 20.8 Å². The summed E-state index contributed by atoms with van der Waals surface area (Å²) in [7, 11) is 1.81. The van der Waals surface area contributed by atoms with Gasteiger partial charge in [0.25, 0.3) is 0 Å². The molecule has 0 fully saturated rings. The van der Waals surface area contributed by atoms with Crippen molar-refractivity contribution in [3.63, 3.8) is 0 Å². The molecule has 0 radical (unpaired) electrons. The average molecular weight is 287 g/mol. The van der Waals surface area contributed by atoms with Crippen LogP contribution >= 0.6 is 23.2 Å². The monoisotopic (exact) mass is 286 g/mol. The van der Waals surface area contributed by atoms with Crippen LogP contribution in [-0.2, 0) is 0 Å². The fourth-order valence-corrected chi connectivity index (χ4v) is 1.80. The molecule has 1 unspecified atom stereocenters. The van der Waals surface area contributed by atoms with Crippen molar-refractivity contribution in [2.24, 2.45) is 0 Å². The smallest absolute Gasteiger partial charge is 0.320 e. The molecule has 0 aliphatic heterocycles. The number of hydrogen-bond donors (Lipinski definition) is 2. The van der Waals surface area contributed by atoms with E-state index in [1.807, 2.05) is 14.0 Å². The Balaban J connectivity index is 2.21. The number of para-hydroxylation sites is 1. The predicted octanol–water partition coefficient (Wildman–Crippen LogP) is 3.40. The summed E-state index contributed by atoms with van der Waals surface area (Å²) in [6.07, 6.45) is 0. The normalized spacial score (nSPS) is 12.4. The van der Waals surface area contributed by atoms with Crippen LogP contribution in [0.4, 0.5) is 11.7 Å². The van der Waals surface area contributed by atoms with Gasteiger partial charge in [-0.3, -0.25) is 0 Å². The minimum absolute atomic E-state index is 0.0187. The van der Waals surface area contributed by atoms with Gasteiger partial charge in [0, 0.05) is 0 Å². The Morgan fingerprint density at radius 1 is 1.22 bits per heavy atom. The van der Waals surface area contributed by atoms with Gasteiger partial charge in [-0.1, -0.05) is 34.4 Å². The molecule has 2 aromatic rings. The summed E-state index contributed by atoms with van der Waals surface area (Å²) >= 11 is 12.1. The molecule has 0 saturated heterocycles. The summed E-state index contributed by atoms with van der Waals surface area (Å²) < 4.78 is 5.44. The van der Waals surface area contributed by atoms with Crippen LogP contribution in [0.15, 0.2) is 22.6 Å². The third kappa shape index (κ3) is 2.75. The maximum absolute atomic E-state index is 6.03. The standard InChI is InChI=1S/C11H12Cl2N4O/c1-6(14-2)10-16-17-11(18-10)15-9-7(12)4-3-5-8(9)13/h3-6,14H,1-2H3,(H,15,17). The molecule has 0 saturated carbocycles. The lowest BCUT2D eigenvalue weighted by Gasteiger charge is -2.06. The molecule has 2 rings (SSSR count). The van der Waals surface area contributed by atoms with Gasteiger partial charge in [0.05, 0.1) is 21.8 Å². The first-order valence-corrected chi connectivity index (χ1v) is 6.09. The maximum Gasteiger partial charge on any atom is 0.320 e. The molecule has 0 amide bonds. The van der Waals surface area contributed by atoms with Crippen molar-refractivity contribution in [3.05, 3.63) is 34.1 Å². The van der Waals surface area contributed by atoms with Crippen LogP contribution in [0.2, 0.25) is 10.0 Å². The number of halogens is 2. The summed E-state index contributed by atoms with van der Waals surface area (Å²) in [5, 5.41) is 14.7. The lowest BCUT2D eigenvalue weighted by molar-refractivity contribution is 0.443. The molecule has 0 aliphatic rings. The zero-order valence-electron chi connectivity index (χ0n) is 9.87. The van der Waals surface area contributed by atoms with E-state index in [4.69, 9.17) is 27.6 Å². The largest absolute Gasteiger partial charge is 0.406 e. The first kappa shape index (κ1) is 13.1. The highest BCUT2D eigenvalue weighted by Crippen LogP contribution is 2.32. The molecular formula is C11H12Cl2N4O. The van der Waals surface area contributed by atoms with Gasteiger partial charge in [0.1, 0.15) is 0 Å². The van der Waals surface area contributed by atoms with Crippen LogP contribution in [0.1, 0.15) is 18.9 Å². The molecule has 1 atom stereocenters. The quantitative estimate of drug-likeness (QED) is 0.902. The van der Waals surface area contributed by atoms with Gasteiger partial charge in [-0.25, -0.2) is 0 Å². The summed E-state index contributed by atoms with van der Waals surface area (Å²) in [4.78, 5) is 0. The van der Waals surface area contributed by atoms with Crippen LogP contribution < -0.4 is 10.6 Å². The second-order valence-corrected chi connectivity index (χ2v) is 4.49. The molecule has 1 aromatic heterocycles. The van der Waals surface area contributed by atoms with Gasteiger partial charge in [-0.15, -0.1) is 5.10 Å². The van der Waals surface area contributed by atoms with Crippen LogP contribution in [-0.4, -0.2) is 17.2 Å². The van der Waals surface area contributed by atoms with Crippen LogP contribution in [0.3, 0.4) is 0 Å². The van der Waals surface area contributed by atoms with E-state index in [0.29, 0.717) is 21.6 Å². The molecule has 1 aromatic carbocycles. The SMILES string of the molecule is CNC(C)c1nnc(Nc2c(Cl)cccc2Cl)o1. The summed E-state index contributed by atoms with van der Waals surface area (Å²) in [5.41, 5.74) is 0.549. The highest BCUT2D eigenvalue weighted by atomic mass is 35.5. The zero-order valence-corrected chi connectivity index (χ0v) is 11.4. The fourth-order valence-electron chi connectivity index (χ4n) is 1.31. The Morgan fingerprint density at radius 2 is 1.89 bits per heavy atom. The number of rotatable bonds is 4. The molecule has 0 aliphatic carbocycles. The Kier molecular flexibility index (Phi) is 4.06. The highest BCUT2D eigenvalue weighted by Gasteiger charge is 2.14. The van der Waals surface area contributed by atoms with E-state index in [1.165, 1.54) is 0 Å². The van der Waals surface area contributed by atoms with E-state index in [1.54, 1.807) is 18.2 Å². The molecule has 7 heteroatoms. The molecular weight excluding hydrogens is 275 g/mol. The first-order valence-electron chi connectivity index (χ1n) is 5.33. The first-order chi connectivity index (χ1) is 8.61. The van der Waals surface area contributed by atoms with Crippen molar-refractivity contribution in [2.75, 3.05) is 12.4 Å². The molecule has 1 heterocycles. The van der Waals surface area contributed by atoms with E-state index >= 15 is 0 Å². The molecule has 0 bridgehead atoms. The van der Waals surface area contributed by atoms with Crippen LogP contribution in [0, 0.1) is 0 Å². The van der Waals surface area contributed by atoms with Gasteiger partial charge in [-0.05, 0) is 26.1 Å². The Hall–Kier alpha value is -1.30. The van der Waals surface area contributed by atoms with Crippen LogP contribution in [0.5, 0.6) is 0 Å². The van der Waals surface area contributed by atoms with Crippen molar-refractivity contribution in [3.8, 4) is 0 Å². The third-order valence-corrected chi connectivity index (χ3v) is 3.07. The second kappa shape index (κ2) is 5.56. The topological polar surface area (TPSA) is 63.0 Å². The van der Waals surface area contributed by atoms with Gasteiger partial charge in [-0.2, -0.15) is 0 Å². The van der Waals surface area contributed by atoms with Crippen LogP contribution in [0.25, 0.3) is 0 Å². The highest BCUT2D eigenvalue weighted by molar-refractivity contribution is 6.39. The van der Waals surface area contributed by atoms with Crippen molar-refractivity contribution in [2.45, 2.75) is 13.0 Å². The molecule has 5 nitrogen and oxygen atoms in total.